The number of aliphatic carboxylic acids is 1. The van der Waals surface area contributed by atoms with E-state index in [1.165, 1.54) is 18.2 Å². The smallest absolute Gasteiger partial charge is 0.329 e. The van der Waals surface area contributed by atoms with Gasteiger partial charge in [-0.2, -0.15) is 0 Å². The van der Waals surface area contributed by atoms with Crippen molar-refractivity contribution < 1.29 is 24.2 Å². The molecule has 1 heterocycles. The monoisotopic (exact) mass is 284 g/mol. The van der Waals surface area contributed by atoms with E-state index in [4.69, 9.17) is 25.9 Å². The number of benzene rings is 1. The van der Waals surface area contributed by atoms with Crippen molar-refractivity contribution in [2.24, 2.45) is 0 Å². The van der Waals surface area contributed by atoms with Gasteiger partial charge < -0.3 is 19.4 Å². The Bertz CT molecular complexity index is 599. The summed E-state index contributed by atoms with van der Waals surface area (Å²) in [5.41, 5.74) is 0.388. The summed E-state index contributed by atoms with van der Waals surface area (Å²) in [6.45, 7) is -0.569. The van der Waals surface area contributed by atoms with Crippen molar-refractivity contribution in [3.05, 3.63) is 29.1 Å². The van der Waals surface area contributed by atoms with Crippen LogP contribution in [-0.2, 0) is 16.1 Å². The van der Waals surface area contributed by atoms with Crippen molar-refractivity contribution in [3.63, 3.8) is 0 Å². The predicted octanol–water partition coefficient (Wildman–Crippen LogP) is 1.70. The molecule has 100 valence electrons. The number of carbonyl (C=O) groups is 1. The van der Waals surface area contributed by atoms with Crippen LogP contribution >= 0.6 is 11.6 Å². The lowest BCUT2D eigenvalue weighted by atomic mass is 10.2. The van der Waals surface area contributed by atoms with E-state index >= 15 is 0 Å². The standard InChI is InChI=1S/C11H9ClN2O5/c12-8-2-1-6(15)3-7(8)11-14-13-9(19-11)4-18-5-10(16)17/h1-3,15H,4-5H2,(H,16,17). The summed E-state index contributed by atoms with van der Waals surface area (Å²) in [5.74, 6) is -0.831. The third kappa shape index (κ3) is 3.43. The molecule has 0 aliphatic carbocycles. The first-order chi connectivity index (χ1) is 9.06. The second kappa shape index (κ2) is 5.68. The quantitative estimate of drug-likeness (QED) is 0.860. The van der Waals surface area contributed by atoms with Gasteiger partial charge in [0, 0.05) is 0 Å². The highest BCUT2D eigenvalue weighted by molar-refractivity contribution is 6.33. The number of carboxylic acid groups (broad SMARTS) is 1. The second-order valence-electron chi connectivity index (χ2n) is 3.55. The van der Waals surface area contributed by atoms with E-state index in [-0.39, 0.29) is 24.1 Å². The zero-order valence-electron chi connectivity index (χ0n) is 9.54. The zero-order chi connectivity index (χ0) is 13.8. The van der Waals surface area contributed by atoms with Gasteiger partial charge in [0.1, 0.15) is 19.0 Å². The fraction of sp³-hybridized carbons (Fsp3) is 0.182. The Morgan fingerprint density at radius 1 is 1.42 bits per heavy atom. The molecule has 0 amide bonds. The number of phenolic OH excluding ortho intramolecular Hbond substituents is 1. The van der Waals surface area contributed by atoms with E-state index in [9.17, 15) is 9.90 Å². The Hall–Kier alpha value is -2.12. The van der Waals surface area contributed by atoms with Crippen molar-refractivity contribution in [1.82, 2.24) is 10.2 Å². The molecule has 7 nitrogen and oxygen atoms in total. The van der Waals surface area contributed by atoms with Crippen molar-refractivity contribution in [2.45, 2.75) is 6.61 Å². The minimum atomic E-state index is -1.09. The van der Waals surface area contributed by atoms with Crippen molar-refractivity contribution >= 4 is 17.6 Å². The molecule has 0 unspecified atom stereocenters. The van der Waals surface area contributed by atoms with E-state index in [0.29, 0.717) is 10.6 Å². The maximum Gasteiger partial charge on any atom is 0.329 e. The third-order valence-corrected chi connectivity index (χ3v) is 2.43. The van der Waals surface area contributed by atoms with Gasteiger partial charge in [-0.15, -0.1) is 10.2 Å². The van der Waals surface area contributed by atoms with Crippen LogP contribution in [0.4, 0.5) is 0 Å². The van der Waals surface area contributed by atoms with Crippen LogP contribution in [0.5, 0.6) is 5.75 Å². The van der Waals surface area contributed by atoms with E-state index < -0.39 is 12.6 Å². The molecule has 0 saturated carbocycles. The molecule has 19 heavy (non-hydrogen) atoms. The molecular weight excluding hydrogens is 276 g/mol. The third-order valence-electron chi connectivity index (χ3n) is 2.10. The molecule has 1 aromatic heterocycles. The first-order valence-electron chi connectivity index (χ1n) is 5.17. The number of phenols is 1. The molecule has 0 aliphatic heterocycles. The Morgan fingerprint density at radius 3 is 2.95 bits per heavy atom. The molecule has 1 aromatic carbocycles. The summed E-state index contributed by atoms with van der Waals surface area (Å²) in [4.78, 5) is 10.3. The van der Waals surface area contributed by atoms with Gasteiger partial charge in [-0.3, -0.25) is 0 Å². The number of nitrogens with zero attached hydrogens (tertiary/aromatic N) is 2. The van der Waals surface area contributed by atoms with Crippen LogP contribution in [0.15, 0.2) is 22.6 Å². The molecule has 0 saturated heterocycles. The van der Waals surface area contributed by atoms with E-state index in [1.807, 2.05) is 0 Å². The van der Waals surface area contributed by atoms with Gasteiger partial charge in [-0.05, 0) is 18.2 Å². The highest BCUT2D eigenvalue weighted by atomic mass is 35.5. The molecule has 2 rings (SSSR count). The van der Waals surface area contributed by atoms with Crippen LogP contribution in [-0.4, -0.2) is 33.0 Å². The van der Waals surface area contributed by atoms with E-state index in [2.05, 4.69) is 10.2 Å². The molecule has 0 fully saturated rings. The lowest BCUT2D eigenvalue weighted by Gasteiger charge is -1.99. The Morgan fingerprint density at radius 2 is 2.21 bits per heavy atom. The van der Waals surface area contributed by atoms with Crippen molar-refractivity contribution in [3.8, 4) is 17.2 Å². The SMILES string of the molecule is O=C(O)COCc1nnc(-c2cc(O)ccc2Cl)o1. The summed E-state index contributed by atoms with van der Waals surface area (Å²) in [6.07, 6.45) is 0. The number of hydrogen-bond acceptors (Lipinski definition) is 6. The number of rotatable bonds is 5. The maximum atomic E-state index is 10.3. The average molecular weight is 285 g/mol. The van der Waals surface area contributed by atoms with Crippen molar-refractivity contribution in [2.75, 3.05) is 6.61 Å². The lowest BCUT2D eigenvalue weighted by Crippen LogP contribution is -2.06. The summed E-state index contributed by atoms with van der Waals surface area (Å²) in [5, 5.41) is 25.6. The molecule has 0 aliphatic rings. The fourth-order valence-corrected chi connectivity index (χ4v) is 1.52. The number of aromatic nitrogens is 2. The van der Waals surface area contributed by atoms with Crippen LogP contribution in [0.25, 0.3) is 11.5 Å². The van der Waals surface area contributed by atoms with Crippen LogP contribution in [0, 0.1) is 0 Å². The first-order valence-corrected chi connectivity index (χ1v) is 5.55. The lowest BCUT2D eigenvalue weighted by molar-refractivity contribution is -0.142. The summed E-state index contributed by atoms with van der Waals surface area (Å²) >= 11 is 5.94. The average Bonchev–Trinajstić information content (AvgIpc) is 2.80. The van der Waals surface area contributed by atoms with Crippen LogP contribution < -0.4 is 0 Å². The number of aromatic hydroxyl groups is 1. The van der Waals surface area contributed by atoms with Gasteiger partial charge >= 0.3 is 5.97 Å². The van der Waals surface area contributed by atoms with Gasteiger partial charge in [-0.25, -0.2) is 4.79 Å². The molecule has 0 atom stereocenters. The maximum absolute atomic E-state index is 10.3. The number of ether oxygens (including phenoxy) is 1. The van der Waals surface area contributed by atoms with E-state index in [1.54, 1.807) is 0 Å². The number of carboxylic acids is 1. The number of hydrogen-bond donors (Lipinski definition) is 2. The molecule has 0 spiro atoms. The first kappa shape index (κ1) is 13.3. The van der Waals surface area contributed by atoms with Gasteiger partial charge in [0.05, 0.1) is 10.6 Å². The molecular formula is C11H9ClN2O5. The summed E-state index contributed by atoms with van der Waals surface area (Å²) < 4.78 is 10.1. The molecule has 0 radical (unpaired) electrons. The normalized spacial score (nSPS) is 10.6. The van der Waals surface area contributed by atoms with Gasteiger partial charge in [0.25, 0.3) is 0 Å². The predicted molar refractivity (Wildman–Crippen MR) is 63.7 cm³/mol. The van der Waals surface area contributed by atoms with Gasteiger partial charge in [-0.1, -0.05) is 11.6 Å². The topological polar surface area (TPSA) is 106 Å². The number of halogens is 1. The Kier molecular flexibility index (Phi) is 3.98. The zero-order valence-corrected chi connectivity index (χ0v) is 10.3. The van der Waals surface area contributed by atoms with Crippen LogP contribution in [0.3, 0.4) is 0 Å². The van der Waals surface area contributed by atoms with E-state index in [0.717, 1.165) is 0 Å². The molecule has 8 heteroatoms. The largest absolute Gasteiger partial charge is 0.508 e. The summed E-state index contributed by atoms with van der Waals surface area (Å²) in [7, 11) is 0. The highest BCUT2D eigenvalue weighted by Gasteiger charge is 2.13. The minimum absolute atomic E-state index is 0.0151. The molecule has 2 N–H and O–H groups in total. The van der Waals surface area contributed by atoms with Crippen LogP contribution in [0.1, 0.15) is 5.89 Å². The second-order valence-corrected chi connectivity index (χ2v) is 3.96. The fourth-order valence-electron chi connectivity index (χ4n) is 1.32. The molecule has 2 aromatic rings. The van der Waals surface area contributed by atoms with Crippen molar-refractivity contribution in [1.29, 1.82) is 0 Å². The van der Waals surface area contributed by atoms with Crippen LogP contribution in [0.2, 0.25) is 5.02 Å². The molecule has 0 bridgehead atoms. The highest BCUT2D eigenvalue weighted by Crippen LogP contribution is 2.30. The van der Waals surface area contributed by atoms with Gasteiger partial charge in [0.15, 0.2) is 0 Å². The summed E-state index contributed by atoms with van der Waals surface area (Å²) in [6, 6.07) is 4.31. The Balaban J connectivity index is 2.12. The minimum Gasteiger partial charge on any atom is -0.508 e. The Labute approximate surface area is 112 Å². The van der Waals surface area contributed by atoms with Gasteiger partial charge in [0.2, 0.25) is 11.8 Å².